The smallest absolute Gasteiger partial charge is 0.228 e. The van der Waals surface area contributed by atoms with Gasteiger partial charge in [-0.25, -0.2) is 4.39 Å². The number of hydrogen-bond acceptors (Lipinski definition) is 8. The first-order chi connectivity index (χ1) is 22.2. The molecule has 1 aliphatic carbocycles. The lowest BCUT2D eigenvalue weighted by Crippen LogP contribution is -2.73. The van der Waals surface area contributed by atoms with E-state index in [-0.39, 0.29) is 36.4 Å². The van der Waals surface area contributed by atoms with Crippen molar-refractivity contribution in [3.8, 4) is 6.07 Å². The van der Waals surface area contributed by atoms with E-state index in [1.165, 1.54) is 0 Å². The van der Waals surface area contributed by atoms with Crippen molar-refractivity contribution < 1.29 is 9.18 Å². The molecular weight excluding hydrogens is 579 g/mol. The van der Waals surface area contributed by atoms with Crippen LogP contribution >= 0.6 is 0 Å². The monoisotopic (exact) mass is 643 g/mol. The number of halogens is 1. The van der Waals surface area contributed by atoms with E-state index >= 15 is 4.39 Å². The second-order valence-electron chi connectivity index (χ2n) is 14.5. The molecule has 10 heteroatoms. The summed E-state index contributed by atoms with van der Waals surface area (Å²) in [5, 5.41) is 21.2. The Labute approximate surface area is 278 Å². The summed E-state index contributed by atoms with van der Waals surface area (Å²) in [6.07, 6.45) is 10.8. The maximum atomic E-state index is 15.1. The third-order valence-corrected chi connectivity index (χ3v) is 11.5. The van der Waals surface area contributed by atoms with Crippen LogP contribution in [0.25, 0.3) is 0 Å². The van der Waals surface area contributed by atoms with Gasteiger partial charge in [-0.15, -0.1) is 0 Å². The van der Waals surface area contributed by atoms with Crippen LogP contribution in [0, 0.1) is 35.0 Å². The van der Waals surface area contributed by atoms with E-state index in [4.69, 9.17) is 10.7 Å². The number of piperazine rings is 1. The van der Waals surface area contributed by atoms with Gasteiger partial charge in [0.1, 0.15) is 12.1 Å². The van der Waals surface area contributed by atoms with Gasteiger partial charge in [0.15, 0.2) is 0 Å². The van der Waals surface area contributed by atoms with Crippen LogP contribution in [0.15, 0.2) is 16.8 Å². The minimum absolute atomic E-state index is 0.154. The van der Waals surface area contributed by atoms with Gasteiger partial charge in [0.25, 0.3) is 0 Å². The maximum Gasteiger partial charge on any atom is 0.228 e. The number of rotatable bonds is 9. The zero-order valence-electron chi connectivity index (χ0n) is 29.4. The molecule has 260 valence electrons. The molecule has 8 unspecified atom stereocenters. The van der Waals surface area contributed by atoms with Crippen LogP contribution < -0.4 is 21.7 Å². The predicted octanol–water partition coefficient (Wildman–Crippen LogP) is 4.35. The molecule has 2 bridgehead atoms. The molecule has 1 saturated heterocycles. The van der Waals surface area contributed by atoms with Crippen molar-refractivity contribution in [2.75, 3.05) is 46.3 Å². The minimum Gasteiger partial charge on any atom is -0.373 e. The Kier molecular flexibility index (Phi) is 13.9. The van der Waals surface area contributed by atoms with E-state index in [1.54, 1.807) is 0 Å². The van der Waals surface area contributed by atoms with E-state index in [0.29, 0.717) is 18.9 Å². The number of fused-ring (bicyclic) bond motifs is 2. The van der Waals surface area contributed by atoms with Crippen molar-refractivity contribution in [1.82, 2.24) is 25.8 Å². The molecular formula is C36H63FN8O. The van der Waals surface area contributed by atoms with E-state index in [9.17, 15) is 10.1 Å². The summed E-state index contributed by atoms with van der Waals surface area (Å²) < 4.78 is 15.1. The molecule has 0 spiro atoms. The molecule has 4 rings (SSSR count). The van der Waals surface area contributed by atoms with Crippen molar-refractivity contribution in [1.29, 1.82) is 5.26 Å². The minimum atomic E-state index is -1.05. The fourth-order valence-electron chi connectivity index (χ4n) is 8.78. The van der Waals surface area contributed by atoms with E-state index in [1.807, 2.05) is 13.0 Å². The Morgan fingerprint density at radius 3 is 2.57 bits per heavy atom. The number of aliphatic imine (C=N–C) groups is 1. The zero-order chi connectivity index (χ0) is 33.3. The first-order valence-electron chi connectivity index (χ1n) is 18.5. The molecule has 3 heterocycles. The number of amides is 1. The van der Waals surface area contributed by atoms with E-state index in [2.05, 4.69) is 59.6 Å². The number of carbonyl (C=O) groups is 1. The number of nitrogens with zero attached hydrogens (tertiary/aromatic N) is 4. The first-order valence-corrected chi connectivity index (χ1v) is 18.5. The first kappa shape index (κ1) is 36.8. The summed E-state index contributed by atoms with van der Waals surface area (Å²) in [6, 6.07) is 2.09. The van der Waals surface area contributed by atoms with Crippen molar-refractivity contribution in [2.45, 2.75) is 128 Å². The summed E-state index contributed by atoms with van der Waals surface area (Å²) in [6.45, 7) is 12.7. The van der Waals surface area contributed by atoms with Crippen molar-refractivity contribution in [3.63, 3.8) is 0 Å². The molecule has 2 fully saturated rings. The van der Waals surface area contributed by atoms with E-state index in [0.717, 1.165) is 102 Å². The van der Waals surface area contributed by atoms with Gasteiger partial charge in [-0.3, -0.25) is 14.7 Å². The second-order valence-corrected chi connectivity index (χ2v) is 14.5. The molecule has 3 aliphatic heterocycles. The molecule has 46 heavy (non-hydrogen) atoms. The molecule has 1 saturated carbocycles. The molecule has 5 N–H and O–H groups in total. The number of nitriles is 1. The highest BCUT2D eigenvalue weighted by molar-refractivity contribution is 5.93. The van der Waals surface area contributed by atoms with Crippen LogP contribution in [0.5, 0.6) is 0 Å². The van der Waals surface area contributed by atoms with Gasteiger partial charge in [-0.05, 0) is 64.3 Å². The third-order valence-electron chi connectivity index (χ3n) is 11.5. The van der Waals surface area contributed by atoms with E-state index < -0.39 is 23.8 Å². The third kappa shape index (κ3) is 8.32. The molecule has 1 amide bonds. The van der Waals surface area contributed by atoms with Crippen LogP contribution in [0.1, 0.15) is 98.3 Å². The lowest BCUT2D eigenvalue weighted by molar-refractivity contribution is -0.129. The van der Waals surface area contributed by atoms with Crippen LogP contribution in [-0.2, 0) is 4.79 Å². The average molecular weight is 643 g/mol. The summed E-state index contributed by atoms with van der Waals surface area (Å²) >= 11 is 0. The lowest BCUT2D eigenvalue weighted by Gasteiger charge is -2.55. The molecule has 0 radical (unpaired) electrons. The fourth-order valence-corrected chi connectivity index (χ4v) is 8.78. The highest BCUT2D eigenvalue weighted by Gasteiger charge is 2.56. The standard InChI is InChI=1S/C36H63FN8O/c1-6-12-27(13-7-2)30-16-15-28(37)23-40-25(4)32(34(39)42-30)35(46)43-31-24-41-33-26(8-3)14-10-9-11-17-36(31,29(33)22-38)45-20-18-44(5)19-21-45/h16,25-29,31-32,34,40,42H,6-15,17-21,23-24,39H2,1-5H3,(H,43,46)/b30-16-. The average Bonchev–Trinajstić information content (AvgIpc) is 3.09. The molecule has 0 aromatic carbocycles. The number of alkyl halides is 1. The SMILES string of the molecule is CCCC(CCC)/C1=C/CC(F)CNC(C)C(C(=O)NC2CN=C3C(CC)CCCCCC2(N2CCN(C)CC2)C3C#N)C(N)N1. The van der Waals surface area contributed by atoms with Crippen molar-refractivity contribution in [3.05, 3.63) is 11.8 Å². The van der Waals surface area contributed by atoms with Gasteiger partial charge in [0, 0.05) is 50.2 Å². The highest BCUT2D eigenvalue weighted by atomic mass is 19.1. The number of nitrogens with two attached hydrogens (primary N) is 1. The predicted molar refractivity (Wildman–Crippen MR) is 185 cm³/mol. The van der Waals surface area contributed by atoms with Crippen LogP contribution in [-0.4, -0.2) is 97.7 Å². The molecule has 8 atom stereocenters. The summed E-state index contributed by atoms with van der Waals surface area (Å²) in [5.74, 6) is -0.626. The van der Waals surface area contributed by atoms with Crippen molar-refractivity contribution in [2.24, 2.45) is 34.4 Å². The Morgan fingerprint density at radius 2 is 1.91 bits per heavy atom. The normalized spacial score (nSPS) is 36.5. The maximum absolute atomic E-state index is 15.1. The topological polar surface area (TPSA) is 122 Å². The number of carbonyl (C=O) groups excluding carboxylic acids is 1. The fraction of sp³-hybridized carbons (Fsp3) is 0.861. The summed E-state index contributed by atoms with van der Waals surface area (Å²) in [7, 11) is 2.15. The largest absolute Gasteiger partial charge is 0.373 e. The number of allylic oxidation sites excluding steroid dienone is 2. The Bertz CT molecular complexity index is 1080. The molecule has 4 aliphatic rings. The highest BCUT2D eigenvalue weighted by Crippen LogP contribution is 2.43. The van der Waals surface area contributed by atoms with Crippen molar-refractivity contribution >= 4 is 11.6 Å². The molecule has 0 aromatic heterocycles. The van der Waals surface area contributed by atoms with Gasteiger partial charge in [-0.1, -0.05) is 59.0 Å². The summed E-state index contributed by atoms with van der Waals surface area (Å²) in [5.41, 5.74) is 8.41. The van der Waals surface area contributed by atoms with Gasteiger partial charge >= 0.3 is 0 Å². The van der Waals surface area contributed by atoms with Gasteiger partial charge < -0.3 is 26.6 Å². The van der Waals surface area contributed by atoms with Gasteiger partial charge in [-0.2, -0.15) is 5.26 Å². The number of likely N-dealkylation sites (N-methyl/N-ethyl adjacent to an activating group) is 1. The molecule has 0 aromatic rings. The lowest BCUT2D eigenvalue weighted by atomic mass is 9.67. The number of nitrogens with one attached hydrogen (secondary N) is 3. The van der Waals surface area contributed by atoms with Crippen LogP contribution in [0.4, 0.5) is 4.39 Å². The molecule has 9 nitrogen and oxygen atoms in total. The van der Waals surface area contributed by atoms with Crippen LogP contribution in [0.2, 0.25) is 0 Å². The summed E-state index contributed by atoms with van der Waals surface area (Å²) in [4.78, 5) is 24.6. The van der Waals surface area contributed by atoms with Crippen LogP contribution in [0.3, 0.4) is 0 Å². The van der Waals surface area contributed by atoms with Gasteiger partial charge in [0.05, 0.1) is 36.3 Å². The number of hydrogen-bond donors (Lipinski definition) is 4. The quantitative estimate of drug-likeness (QED) is 0.295. The zero-order valence-corrected chi connectivity index (χ0v) is 29.4. The Balaban J connectivity index is 1.70. The Hall–Kier alpha value is -2.06. The Morgan fingerprint density at radius 1 is 1.20 bits per heavy atom. The second kappa shape index (κ2) is 17.4. The van der Waals surface area contributed by atoms with Gasteiger partial charge in [0.2, 0.25) is 5.91 Å².